The summed E-state index contributed by atoms with van der Waals surface area (Å²) in [6, 6.07) is 0. The van der Waals surface area contributed by atoms with E-state index in [-0.39, 0.29) is 29.9 Å². The minimum atomic E-state index is -2.11. The first-order chi connectivity index (χ1) is 17.6. The van der Waals surface area contributed by atoms with E-state index >= 15 is 0 Å². The molecule has 1 heterocycles. The summed E-state index contributed by atoms with van der Waals surface area (Å²) in [6.45, 7) is 26.2. The Hall–Kier alpha value is -0.789. The number of rotatable bonds is 7. The lowest BCUT2D eigenvalue weighted by atomic mass is 9.58. The number of fused-ring (bicyclic) bond motifs is 1. The van der Waals surface area contributed by atoms with Gasteiger partial charge in [-0.2, -0.15) is 0 Å². The maximum absolute atomic E-state index is 14.1. The monoisotopic (exact) mass is 594 g/mol. The number of carbonyl (C=O) groups is 2. The number of ether oxygens (including phenoxy) is 2. The number of carbonyl (C=O) groups excluding carboxylic acids is 2. The molecule has 5 aliphatic rings. The van der Waals surface area contributed by atoms with Gasteiger partial charge in [-0.25, -0.2) is 0 Å². The van der Waals surface area contributed by atoms with Crippen molar-refractivity contribution in [2.75, 3.05) is 7.11 Å². The van der Waals surface area contributed by atoms with Crippen molar-refractivity contribution in [1.82, 2.24) is 0 Å². The van der Waals surface area contributed by atoms with Gasteiger partial charge in [0.2, 0.25) is 0 Å². The Kier molecular flexibility index (Phi) is 6.57. The van der Waals surface area contributed by atoms with Crippen LogP contribution < -0.4 is 0 Å². The lowest BCUT2D eigenvalue weighted by Crippen LogP contribution is -2.63. The molecule has 3 unspecified atom stereocenters. The molecule has 0 aromatic rings. The summed E-state index contributed by atoms with van der Waals surface area (Å²) in [5, 5.41) is 0. The van der Waals surface area contributed by atoms with E-state index in [2.05, 4.69) is 65.5 Å². The third-order valence-electron chi connectivity index (χ3n) is 10.2. The number of methoxy groups -OCH3 is 1. The van der Waals surface area contributed by atoms with Crippen LogP contribution in [0.15, 0.2) is 12.2 Å². The Morgan fingerprint density at radius 2 is 1.62 bits per heavy atom. The molecule has 10 heteroatoms. The summed E-state index contributed by atoms with van der Waals surface area (Å²) in [5.74, 6) is -1.30. The van der Waals surface area contributed by atoms with Gasteiger partial charge in [-0.3, -0.25) is 9.59 Å². The van der Waals surface area contributed by atoms with Gasteiger partial charge in [0.05, 0.1) is 36.3 Å². The molecule has 0 aromatic heterocycles. The van der Waals surface area contributed by atoms with Crippen molar-refractivity contribution < 1.29 is 32.3 Å². The molecule has 7 nitrogen and oxygen atoms in total. The van der Waals surface area contributed by atoms with Gasteiger partial charge >= 0.3 is 11.9 Å². The molecule has 220 valence electrons. The molecular formula is C29H50O7Si3. The molecule has 0 radical (unpaired) electrons. The van der Waals surface area contributed by atoms with Gasteiger partial charge < -0.3 is 22.8 Å². The Morgan fingerprint density at radius 3 is 2.15 bits per heavy atom. The van der Waals surface area contributed by atoms with Crippen LogP contribution >= 0.6 is 0 Å². The van der Waals surface area contributed by atoms with E-state index in [9.17, 15) is 9.59 Å². The first-order valence-corrected chi connectivity index (χ1v) is 24.9. The second-order valence-corrected chi connectivity index (χ2v) is 29.6. The standard InChI is InChI=1S/C29H50O7Si3/c1-18-15-27-17-28(18,36-39(10,11)12)14-13-20(27)29-16-19(34-37(4,5)6)23(35-38(7,8)9)26(2,25(31)33-29)22(29)21(27)24(30)32-3/h19-23H,1,13-17H2,2-12H3/t19-,20?,21-,22?,23+,26?,27+,28+,29-/m1/s1. The van der Waals surface area contributed by atoms with E-state index in [4.69, 9.17) is 22.8 Å². The highest BCUT2D eigenvalue weighted by atomic mass is 28.4. The highest BCUT2D eigenvalue weighted by Crippen LogP contribution is 2.79. The smallest absolute Gasteiger partial charge is 0.315 e. The van der Waals surface area contributed by atoms with E-state index in [1.165, 1.54) is 7.11 Å². The minimum absolute atomic E-state index is 0.0167. The summed E-state index contributed by atoms with van der Waals surface area (Å²) in [4.78, 5) is 28.1. The van der Waals surface area contributed by atoms with Crippen LogP contribution in [0, 0.1) is 28.6 Å². The first-order valence-electron chi connectivity index (χ1n) is 14.7. The van der Waals surface area contributed by atoms with Crippen LogP contribution in [-0.2, 0) is 32.3 Å². The van der Waals surface area contributed by atoms with Crippen LogP contribution in [0.4, 0.5) is 0 Å². The molecule has 4 bridgehead atoms. The molecule has 9 atom stereocenters. The van der Waals surface area contributed by atoms with Gasteiger partial charge in [-0.1, -0.05) is 6.58 Å². The normalized spacial score (nSPS) is 45.2. The highest BCUT2D eigenvalue weighted by molar-refractivity contribution is 6.70. The predicted molar refractivity (Wildman–Crippen MR) is 158 cm³/mol. The summed E-state index contributed by atoms with van der Waals surface area (Å²) in [6.07, 6.45) is 2.93. The van der Waals surface area contributed by atoms with Crippen molar-refractivity contribution in [3.63, 3.8) is 0 Å². The summed E-state index contributed by atoms with van der Waals surface area (Å²) >= 11 is 0. The average Bonchev–Trinajstić information content (AvgIpc) is 3.17. The maximum atomic E-state index is 14.1. The quantitative estimate of drug-likeness (QED) is 0.207. The van der Waals surface area contributed by atoms with Crippen molar-refractivity contribution >= 4 is 36.9 Å². The van der Waals surface area contributed by atoms with E-state index in [1.807, 2.05) is 6.92 Å². The molecule has 1 saturated heterocycles. The van der Waals surface area contributed by atoms with Crippen molar-refractivity contribution in [2.45, 2.75) is 121 Å². The molecule has 5 fully saturated rings. The minimum Gasteiger partial charge on any atom is -0.469 e. The zero-order valence-corrected chi connectivity index (χ0v) is 29.0. The van der Waals surface area contributed by atoms with Gasteiger partial charge in [0, 0.05) is 18.3 Å². The highest BCUT2D eigenvalue weighted by Gasteiger charge is 2.86. The van der Waals surface area contributed by atoms with E-state index in [0.717, 1.165) is 24.8 Å². The summed E-state index contributed by atoms with van der Waals surface area (Å²) < 4.78 is 32.9. The fourth-order valence-electron chi connectivity index (χ4n) is 9.64. The lowest BCUT2D eigenvalue weighted by Gasteiger charge is -2.52. The largest absolute Gasteiger partial charge is 0.469 e. The Bertz CT molecular complexity index is 1090. The number of hydrogen-bond acceptors (Lipinski definition) is 7. The summed E-state index contributed by atoms with van der Waals surface area (Å²) in [5.41, 5.74) is -1.56. The van der Waals surface area contributed by atoms with Crippen LogP contribution in [0.3, 0.4) is 0 Å². The molecule has 0 amide bonds. The zero-order chi connectivity index (χ0) is 29.2. The van der Waals surface area contributed by atoms with Gasteiger partial charge in [-0.15, -0.1) is 0 Å². The van der Waals surface area contributed by atoms with E-state index in [1.54, 1.807) is 0 Å². The first kappa shape index (κ1) is 29.7. The van der Waals surface area contributed by atoms with Crippen molar-refractivity contribution in [2.24, 2.45) is 28.6 Å². The molecule has 0 N–H and O–H groups in total. The molecular weight excluding hydrogens is 545 g/mol. The SMILES string of the molecule is C=C1C[C@]23C[C@@]1(O[Si](C)(C)C)CCC2[C@@]12C[C@@H](O[Si](C)(C)C)[C@H](O[Si](C)(C)C)C(C)(C(=O)O1)C2[C@@H]3C(=O)OC. The number of hydrogen-bond donors (Lipinski definition) is 0. The molecule has 4 aliphatic carbocycles. The van der Waals surface area contributed by atoms with Gasteiger partial charge in [0.15, 0.2) is 25.0 Å². The maximum Gasteiger partial charge on any atom is 0.315 e. The van der Waals surface area contributed by atoms with Crippen LogP contribution in [-0.4, -0.2) is 67.4 Å². The fraction of sp³-hybridized carbons (Fsp3) is 0.862. The molecule has 0 aromatic carbocycles. The van der Waals surface area contributed by atoms with Gasteiger partial charge in [0.1, 0.15) is 5.60 Å². The van der Waals surface area contributed by atoms with Gasteiger partial charge in [-0.05, 0) is 103 Å². The predicted octanol–water partition coefficient (Wildman–Crippen LogP) is 5.89. The Balaban J connectivity index is 1.70. The average molecular weight is 595 g/mol. The molecule has 1 aliphatic heterocycles. The third-order valence-corrected chi connectivity index (χ3v) is 13.1. The molecule has 4 saturated carbocycles. The second-order valence-electron chi connectivity index (χ2n) is 16.2. The van der Waals surface area contributed by atoms with Crippen LogP contribution in [0.5, 0.6) is 0 Å². The van der Waals surface area contributed by atoms with Crippen molar-refractivity contribution in [3.05, 3.63) is 12.2 Å². The zero-order valence-electron chi connectivity index (χ0n) is 26.0. The van der Waals surface area contributed by atoms with Crippen LogP contribution in [0.25, 0.3) is 0 Å². The molecule has 39 heavy (non-hydrogen) atoms. The van der Waals surface area contributed by atoms with E-state index in [0.29, 0.717) is 12.8 Å². The van der Waals surface area contributed by atoms with Crippen molar-refractivity contribution in [3.8, 4) is 0 Å². The Morgan fingerprint density at radius 1 is 1.00 bits per heavy atom. The van der Waals surface area contributed by atoms with E-state index < -0.39 is 59.0 Å². The van der Waals surface area contributed by atoms with Crippen LogP contribution in [0.2, 0.25) is 58.9 Å². The van der Waals surface area contributed by atoms with Gasteiger partial charge in [0.25, 0.3) is 0 Å². The van der Waals surface area contributed by atoms with Crippen LogP contribution in [0.1, 0.15) is 39.0 Å². The molecule has 1 spiro atoms. The fourth-order valence-corrected chi connectivity index (χ4v) is 13.4. The third kappa shape index (κ3) is 4.25. The second kappa shape index (κ2) is 8.63. The summed E-state index contributed by atoms with van der Waals surface area (Å²) in [7, 11) is -4.55. The number of esters is 2. The lowest BCUT2D eigenvalue weighted by molar-refractivity contribution is -0.165. The topological polar surface area (TPSA) is 80.3 Å². The Labute approximate surface area is 238 Å². The van der Waals surface area contributed by atoms with Crippen molar-refractivity contribution in [1.29, 1.82) is 0 Å². The molecule has 5 rings (SSSR count).